The van der Waals surface area contributed by atoms with Crippen molar-refractivity contribution >= 4 is 69.8 Å². The fourth-order valence-electron chi connectivity index (χ4n) is 4.54. The number of nitrogens with one attached hydrogen (secondary N) is 2. The van der Waals surface area contributed by atoms with Crippen LogP contribution in [0.25, 0.3) is 0 Å². The van der Waals surface area contributed by atoms with Crippen molar-refractivity contribution in [1.82, 2.24) is 25.1 Å². The van der Waals surface area contributed by atoms with Crippen LogP contribution >= 0.6 is 23.1 Å². The molecule has 3 atom stereocenters. The third-order valence-electron chi connectivity index (χ3n) is 6.77. The summed E-state index contributed by atoms with van der Waals surface area (Å²) in [6.07, 6.45) is -0.793. The number of hydrazine groups is 1. The highest BCUT2D eigenvalue weighted by Gasteiger charge is 2.66. The number of urea groups is 1. The molecule has 4 heterocycles. The summed E-state index contributed by atoms with van der Waals surface area (Å²) >= 11 is 1.77. The summed E-state index contributed by atoms with van der Waals surface area (Å²) in [5.74, 6) is 2.01. The number of aliphatic carboxylic acids is 1. The molecule has 0 aliphatic carbocycles. The van der Waals surface area contributed by atoms with E-state index in [4.69, 9.17) is 20.2 Å². The fourth-order valence-corrected chi connectivity index (χ4v) is 6.86. The SMILES string of the molecule is CC(C)(C)OC(=O)Nc1nc(/C(=N/OC(C)(C)C(=O)OC(C)(C)C)C(=O)N[C@@H]2C(=O)N3C[C@@](C(=O)O)(N4CCN(N)C4=O)S[C@H]23)cs1. The number of thioether (sulfide) groups is 1. The third kappa shape index (κ3) is 7.54. The zero-order valence-corrected chi connectivity index (χ0v) is 28.7. The Balaban J connectivity index is 1.58. The maximum atomic E-state index is 13.7. The topological polar surface area (TPSA) is 235 Å². The van der Waals surface area contributed by atoms with E-state index in [1.165, 1.54) is 24.1 Å². The molecule has 20 heteroatoms. The average Bonchev–Trinajstić information content (AvgIpc) is 3.62. The number of fused-ring (bicyclic) bond motifs is 1. The maximum absolute atomic E-state index is 13.7. The van der Waals surface area contributed by atoms with Crippen LogP contribution in [0.2, 0.25) is 0 Å². The Morgan fingerprint density at radius 2 is 1.70 bits per heavy atom. The second kappa shape index (κ2) is 12.5. The lowest BCUT2D eigenvalue weighted by atomic mass is 10.1. The average molecular weight is 699 g/mol. The Hall–Kier alpha value is -4.17. The molecule has 258 valence electrons. The first-order valence-corrected chi connectivity index (χ1v) is 16.1. The van der Waals surface area contributed by atoms with Gasteiger partial charge in [0, 0.05) is 11.9 Å². The molecule has 0 aromatic carbocycles. The van der Waals surface area contributed by atoms with Crippen LogP contribution in [0.4, 0.5) is 14.7 Å². The molecule has 1 aromatic heterocycles. The van der Waals surface area contributed by atoms with E-state index in [-0.39, 0.29) is 30.5 Å². The first-order valence-electron chi connectivity index (χ1n) is 14.4. The number of anilines is 1. The Labute approximate surface area is 278 Å². The lowest BCUT2D eigenvalue weighted by molar-refractivity contribution is -0.179. The van der Waals surface area contributed by atoms with Crippen molar-refractivity contribution in [3.8, 4) is 0 Å². The van der Waals surface area contributed by atoms with Crippen LogP contribution in [0.1, 0.15) is 61.1 Å². The van der Waals surface area contributed by atoms with E-state index in [2.05, 4.69) is 20.8 Å². The Morgan fingerprint density at radius 1 is 1.06 bits per heavy atom. The van der Waals surface area contributed by atoms with Crippen LogP contribution in [0.3, 0.4) is 0 Å². The van der Waals surface area contributed by atoms with Crippen molar-refractivity contribution in [3.05, 3.63) is 11.1 Å². The van der Waals surface area contributed by atoms with Gasteiger partial charge in [-0.3, -0.25) is 24.8 Å². The number of hydrogen-bond acceptors (Lipinski definition) is 14. The Kier molecular flexibility index (Phi) is 9.45. The molecule has 5 N–H and O–H groups in total. The monoisotopic (exact) mass is 698 g/mol. The summed E-state index contributed by atoms with van der Waals surface area (Å²) in [4.78, 5) is 87.2. The molecule has 1 aromatic rings. The highest BCUT2D eigenvalue weighted by Crippen LogP contribution is 2.49. The number of aromatic nitrogens is 1. The summed E-state index contributed by atoms with van der Waals surface area (Å²) in [5.41, 5.74) is -3.84. The minimum absolute atomic E-state index is 0.0332. The van der Waals surface area contributed by atoms with Gasteiger partial charge in [-0.25, -0.2) is 30.0 Å². The predicted molar refractivity (Wildman–Crippen MR) is 168 cm³/mol. The molecule has 3 fully saturated rings. The lowest BCUT2D eigenvalue weighted by Crippen LogP contribution is -2.68. The molecule has 0 bridgehead atoms. The number of carboxylic acid groups (broad SMARTS) is 1. The molecule has 0 saturated carbocycles. The van der Waals surface area contributed by atoms with Crippen molar-refractivity contribution in [2.24, 2.45) is 11.0 Å². The number of ether oxygens (including phenoxy) is 2. The number of carboxylic acids is 1. The Morgan fingerprint density at radius 3 is 2.26 bits per heavy atom. The molecule has 5 amide bonds. The maximum Gasteiger partial charge on any atom is 0.413 e. The first-order chi connectivity index (χ1) is 21.5. The largest absolute Gasteiger partial charge is 0.479 e. The van der Waals surface area contributed by atoms with Gasteiger partial charge in [0.1, 0.15) is 28.3 Å². The fraction of sp³-hybridized carbons (Fsp3) is 0.630. The minimum Gasteiger partial charge on any atom is -0.479 e. The van der Waals surface area contributed by atoms with Crippen LogP contribution in [0, 0.1) is 0 Å². The lowest BCUT2D eigenvalue weighted by Gasteiger charge is -2.41. The Bertz CT molecular complexity index is 1520. The zero-order chi connectivity index (χ0) is 35.3. The third-order valence-corrected chi connectivity index (χ3v) is 9.21. The number of thiazole rings is 1. The van der Waals surface area contributed by atoms with E-state index in [1.54, 1.807) is 41.5 Å². The van der Waals surface area contributed by atoms with E-state index in [1.807, 2.05) is 0 Å². The molecule has 4 rings (SSSR count). The number of amides is 5. The second-order valence-corrected chi connectivity index (χ2v) is 15.6. The second-order valence-electron chi connectivity index (χ2n) is 13.4. The number of esters is 1. The van der Waals surface area contributed by atoms with Crippen molar-refractivity contribution in [2.75, 3.05) is 25.0 Å². The molecule has 0 spiro atoms. The minimum atomic E-state index is -1.82. The molecular weight excluding hydrogens is 660 g/mol. The summed E-state index contributed by atoms with van der Waals surface area (Å²) in [6.45, 7) is 12.6. The van der Waals surface area contributed by atoms with Crippen molar-refractivity contribution in [3.63, 3.8) is 0 Å². The van der Waals surface area contributed by atoms with Gasteiger partial charge < -0.3 is 29.6 Å². The first kappa shape index (κ1) is 35.7. The zero-order valence-electron chi connectivity index (χ0n) is 27.1. The molecule has 18 nitrogen and oxygen atoms in total. The smallest absolute Gasteiger partial charge is 0.413 e. The molecule has 47 heavy (non-hydrogen) atoms. The van der Waals surface area contributed by atoms with Gasteiger partial charge in [-0.05, 0) is 55.4 Å². The van der Waals surface area contributed by atoms with Gasteiger partial charge in [-0.2, -0.15) is 0 Å². The van der Waals surface area contributed by atoms with Gasteiger partial charge >= 0.3 is 24.1 Å². The standard InChI is InChI=1S/C27H38N8O10S2/c1-24(2,3)43-20(40)26(7,8)45-32-14(13-11-46-21(29-13)31-22(41)44-25(4,5)6)16(36)30-15-17(37)33-12-27(19(38)39,47-18(15)33)34-9-10-35(28)23(34)42/h11,15,18H,9-10,12,28H2,1-8H3,(H,30,36)(H,38,39)(H,29,31,41)/b32-14-/t15-,18-,27-/m1/s1. The van der Waals surface area contributed by atoms with Crippen LogP contribution in [-0.4, -0.2) is 119 Å². The molecule has 0 radical (unpaired) electrons. The number of oxime groups is 1. The number of carbonyl (C=O) groups excluding carboxylic acids is 5. The van der Waals surface area contributed by atoms with E-state index in [0.717, 1.165) is 33.0 Å². The summed E-state index contributed by atoms with van der Waals surface area (Å²) in [6, 6.07) is -1.91. The van der Waals surface area contributed by atoms with Crippen molar-refractivity contribution in [1.29, 1.82) is 0 Å². The molecule has 3 saturated heterocycles. The van der Waals surface area contributed by atoms with E-state index in [0.29, 0.717) is 0 Å². The van der Waals surface area contributed by atoms with Crippen molar-refractivity contribution < 1.29 is 48.2 Å². The number of nitrogens with zero attached hydrogens (tertiary/aromatic N) is 5. The van der Waals surface area contributed by atoms with Crippen LogP contribution in [0.15, 0.2) is 10.5 Å². The number of rotatable bonds is 9. The van der Waals surface area contributed by atoms with Crippen LogP contribution < -0.4 is 16.5 Å². The van der Waals surface area contributed by atoms with Gasteiger partial charge in [-0.15, -0.1) is 11.3 Å². The van der Waals surface area contributed by atoms with Crippen LogP contribution in [0.5, 0.6) is 0 Å². The summed E-state index contributed by atoms with van der Waals surface area (Å²) in [5, 5.41) is 20.6. The van der Waals surface area contributed by atoms with Gasteiger partial charge in [0.15, 0.2) is 10.8 Å². The normalized spacial score (nSPS) is 23.3. The van der Waals surface area contributed by atoms with Gasteiger partial charge in [0.05, 0.1) is 13.1 Å². The van der Waals surface area contributed by atoms with E-state index in [9.17, 15) is 33.9 Å². The highest BCUT2D eigenvalue weighted by atomic mass is 32.2. The molecule has 0 unspecified atom stereocenters. The van der Waals surface area contributed by atoms with E-state index >= 15 is 0 Å². The van der Waals surface area contributed by atoms with Gasteiger partial charge in [0.2, 0.25) is 16.4 Å². The number of nitrogens with two attached hydrogens (primary N) is 1. The molecule has 3 aliphatic heterocycles. The quantitative estimate of drug-likeness (QED) is 0.0708. The van der Waals surface area contributed by atoms with Gasteiger partial charge in [-0.1, -0.05) is 16.9 Å². The van der Waals surface area contributed by atoms with Crippen molar-refractivity contribution in [2.45, 2.75) is 88.5 Å². The van der Waals surface area contributed by atoms with E-state index < -0.39 is 74.7 Å². The molecule has 3 aliphatic rings. The summed E-state index contributed by atoms with van der Waals surface area (Å²) in [7, 11) is 0. The number of β-lactam (4-membered cyclic amide) rings is 1. The van der Waals surface area contributed by atoms with Crippen LogP contribution in [-0.2, 0) is 33.5 Å². The number of carbonyl (C=O) groups is 6. The van der Waals surface area contributed by atoms with Gasteiger partial charge in [0.25, 0.3) is 5.91 Å². The molecular formula is C27H38N8O10S2. The summed E-state index contributed by atoms with van der Waals surface area (Å²) < 4.78 is 10.6. The highest BCUT2D eigenvalue weighted by molar-refractivity contribution is 8.02. The predicted octanol–water partition coefficient (Wildman–Crippen LogP) is 1.12. The number of hydrogen-bond donors (Lipinski definition) is 4.